The molecular formula is C27H17F2N5O3S. The van der Waals surface area contributed by atoms with Crippen LogP contribution in [0.1, 0.15) is 5.56 Å². The zero-order valence-electron chi connectivity index (χ0n) is 19.7. The number of pyridine rings is 1. The molecule has 3 aromatic carbocycles. The monoisotopic (exact) mass is 529 g/mol. The number of hydrogen-bond acceptors (Lipinski definition) is 7. The Morgan fingerprint density at radius 2 is 1.71 bits per heavy atom. The predicted molar refractivity (Wildman–Crippen MR) is 137 cm³/mol. The summed E-state index contributed by atoms with van der Waals surface area (Å²) in [5, 5.41) is 11.0. The molecule has 0 aliphatic rings. The maximum absolute atomic E-state index is 13.9. The van der Waals surface area contributed by atoms with E-state index in [1.807, 2.05) is 0 Å². The van der Waals surface area contributed by atoms with Crippen molar-refractivity contribution in [3.8, 4) is 34.2 Å². The molecule has 0 fully saturated rings. The molecule has 0 saturated carbocycles. The third-order valence-corrected chi connectivity index (χ3v) is 7.11. The van der Waals surface area contributed by atoms with Gasteiger partial charge in [-0.2, -0.15) is 5.26 Å². The van der Waals surface area contributed by atoms with Crippen LogP contribution < -0.4 is 9.46 Å². The van der Waals surface area contributed by atoms with E-state index in [4.69, 9.17) is 4.74 Å². The topological polar surface area (TPSA) is 118 Å². The highest BCUT2D eigenvalue weighted by Gasteiger charge is 2.20. The average Bonchev–Trinajstić information content (AvgIpc) is 2.91. The minimum Gasteiger partial charge on any atom is -0.496 e. The van der Waals surface area contributed by atoms with Crippen molar-refractivity contribution in [2.75, 3.05) is 11.8 Å². The van der Waals surface area contributed by atoms with Crippen LogP contribution in [-0.4, -0.2) is 30.5 Å². The van der Waals surface area contributed by atoms with Crippen molar-refractivity contribution in [2.45, 2.75) is 4.90 Å². The second-order valence-electron chi connectivity index (χ2n) is 8.11. The van der Waals surface area contributed by atoms with Crippen molar-refractivity contribution >= 4 is 26.6 Å². The fraction of sp³-hybridized carbons (Fsp3) is 0.0370. The highest BCUT2D eigenvalue weighted by atomic mass is 32.2. The molecule has 5 aromatic rings. The van der Waals surface area contributed by atoms with Gasteiger partial charge in [0.05, 0.1) is 29.3 Å². The molecular weight excluding hydrogens is 512 g/mol. The second kappa shape index (κ2) is 9.84. The predicted octanol–water partition coefficient (Wildman–Crippen LogP) is 5.32. The van der Waals surface area contributed by atoms with E-state index in [1.165, 1.54) is 56.2 Å². The summed E-state index contributed by atoms with van der Waals surface area (Å²) in [4.78, 5) is 12.1. The first-order chi connectivity index (χ1) is 18.3. The van der Waals surface area contributed by atoms with Gasteiger partial charge in [0.1, 0.15) is 29.5 Å². The molecule has 0 aliphatic heterocycles. The van der Waals surface area contributed by atoms with Crippen molar-refractivity contribution in [3.63, 3.8) is 0 Å². The molecule has 0 amide bonds. The van der Waals surface area contributed by atoms with Gasteiger partial charge in [0.15, 0.2) is 0 Å². The zero-order chi connectivity index (χ0) is 26.9. The van der Waals surface area contributed by atoms with Crippen molar-refractivity contribution in [2.24, 2.45) is 0 Å². The number of nitriles is 1. The number of sulfonamides is 1. The van der Waals surface area contributed by atoms with Crippen LogP contribution in [-0.2, 0) is 10.0 Å². The van der Waals surface area contributed by atoms with E-state index in [0.29, 0.717) is 27.8 Å². The number of aromatic nitrogens is 3. The lowest BCUT2D eigenvalue weighted by atomic mass is 9.94. The van der Waals surface area contributed by atoms with Gasteiger partial charge in [-0.25, -0.2) is 27.2 Å². The molecule has 5 rings (SSSR count). The summed E-state index contributed by atoms with van der Waals surface area (Å²) < 4.78 is 61.5. The smallest absolute Gasteiger partial charge is 0.263 e. The number of hydrogen-bond donors (Lipinski definition) is 1. The van der Waals surface area contributed by atoms with Crippen LogP contribution in [0.25, 0.3) is 33.2 Å². The zero-order valence-corrected chi connectivity index (χ0v) is 20.5. The van der Waals surface area contributed by atoms with Crippen molar-refractivity contribution in [1.82, 2.24) is 15.0 Å². The molecule has 0 unspecified atom stereocenters. The lowest BCUT2D eigenvalue weighted by Gasteiger charge is -2.15. The molecule has 0 radical (unpaired) electrons. The summed E-state index contributed by atoms with van der Waals surface area (Å²) in [6, 6.07) is 15.7. The Kier molecular flexibility index (Phi) is 6.40. The third kappa shape index (κ3) is 4.72. The first-order valence-corrected chi connectivity index (χ1v) is 12.5. The van der Waals surface area contributed by atoms with Crippen molar-refractivity contribution < 1.29 is 21.9 Å². The minimum atomic E-state index is -3.94. The van der Waals surface area contributed by atoms with Gasteiger partial charge in [0.2, 0.25) is 0 Å². The summed E-state index contributed by atoms with van der Waals surface area (Å²) in [6.45, 7) is 0. The molecule has 188 valence electrons. The van der Waals surface area contributed by atoms with Crippen LogP contribution in [0.2, 0.25) is 0 Å². The Morgan fingerprint density at radius 1 is 0.921 bits per heavy atom. The average molecular weight is 530 g/mol. The molecule has 38 heavy (non-hydrogen) atoms. The summed E-state index contributed by atoms with van der Waals surface area (Å²) in [5.74, 6) is -1.11. The van der Waals surface area contributed by atoms with Crippen LogP contribution in [0.15, 0.2) is 84.3 Å². The van der Waals surface area contributed by atoms with E-state index in [0.717, 1.165) is 18.2 Å². The number of nitrogens with zero attached hydrogens (tertiary/aromatic N) is 4. The number of fused-ring (bicyclic) bond motifs is 1. The SMILES string of the molecule is COc1cc(-c2cc(F)cc(F)c2)c(C#N)cc1-c1nccc2cc(S(=O)(=O)Nc3ccncn3)ccc12. The van der Waals surface area contributed by atoms with Gasteiger partial charge in [-0.3, -0.25) is 9.71 Å². The lowest BCUT2D eigenvalue weighted by Crippen LogP contribution is -2.13. The Bertz CT molecular complexity index is 1820. The molecule has 0 spiro atoms. The first kappa shape index (κ1) is 24.7. The number of anilines is 1. The summed E-state index contributed by atoms with van der Waals surface area (Å²) in [6.07, 6.45) is 4.16. The molecule has 8 nitrogen and oxygen atoms in total. The van der Waals surface area contributed by atoms with Gasteiger partial charge in [-0.05, 0) is 59.5 Å². The molecule has 1 N–H and O–H groups in total. The highest BCUT2D eigenvalue weighted by Crippen LogP contribution is 2.39. The van der Waals surface area contributed by atoms with Gasteiger partial charge in [0, 0.05) is 35.0 Å². The number of ether oxygens (including phenoxy) is 1. The maximum atomic E-state index is 13.9. The van der Waals surface area contributed by atoms with Crippen LogP contribution in [0.5, 0.6) is 5.75 Å². The van der Waals surface area contributed by atoms with Crippen molar-refractivity contribution in [1.29, 1.82) is 5.26 Å². The lowest BCUT2D eigenvalue weighted by molar-refractivity contribution is 0.416. The molecule has 2 heterocycles. The Balaban J connectivity index is 1.62. The Morgan fingerprint density at radius 3 is 2.39 bits per heavy atom. The van der Waals surface area contributed by atoms with Crippen LogP contribution in [0.3, 0.4) is 0 Å². The van der Waals surface area contributed by atoms with E-state index in [2.05, 4.69) is 25.7 Å². The second-order valence-corrected chi connectivity index (χ2v) is 9.79. The van der Waals surface area contributed by atoms with Crippen LogP contribution >= 0.6 is 0 Å². The third-order valence-electron chi connectivity index (χ3n) is 5.76. The van der Waals surface area contributed by atoms with E-state index >= 15 is 0 Å². The summed E-state index contributed by atoms with van der Waals surface area (Å²) in [5.41, 5.74) is 1.50. The highest BCUT2D eigenvalue weighted by molar-refractivity contribution is 7.92. The number of benzene rings is 3. The Hall–Kier alpha value is -4.95. The molecule has 0 bridgehead atoms. The number of nitrogens with one attached hydrogen (secondary N) is 1. The summed E-state index contributed by atoms with van der Waals surface area (Å²) >= 11 is 0. The first-order valence-electron chi connectivity index (χ1n) is 11.1. The number of rotatable bonds is 6. The maximum Gasteiger partial charge on any atom is 0.263 e. The van der Waals surface area contributed by atoms with E-state index in [-0.39, 0.29) is 27.4 Å². The molecule has 2 aromatic heterocycles. The minimum absolute atomic E-state index is 0.00826. The van der Waals surface area contributed by atoms with Crippen LogP contribution in [0, 0.1) is 23.0 Å². The molecule has 11 heteroatoms. The molecule has 0 saturated heterocycles. The Labute approximate surface area is 216 Å². The van der Waals surface area contributed by atoms with Gasteiger partial charge in [0.25, 0.3) is 10.0 Å². The van der Waals surface area contributed by atoms with Gasteiger partial charge in [-0.1, -0.05) is 6.07 Å². The van der Waals surface area contributed by atoms with Gasteiger partial charge >= 0.3 is 0 Å². The van der Waals surface area contributed by atoms with Crippen LogP contribution in [0.4, 0.5) is 14.6 Å². The van der Waals surface area contributed by atoms with E-state index < -0.39 is 21.7 Å². The van der Waals surface area contributed by atoms with E-state index in [9.17, 15) is 22.5 Å². The molecule has 0 atom stereocenters. The quantitative estimate of drug-likeness (QED) is 0.316. The summed E-state index contributed by atoms with van der Waals surface area (Å²) in [7, 11) is -2.51. The fourth-order valence-electron chi connectivity index (χ4n) is 4.06. The van der Waals surface area contributed by atoms with Gasteiger partial charge < -0.3 is 4.74 Å². The largest absolute Gasteiger partial charge is 0.496 e. The normalized spacial score (nSPS) is 11.2. The fourth-order valence-corrected chi connectivity index (χ4v) is 5.10. The number of methoxy groups -OCH3 is 1. The standard InChI is InChI=1S/C27H17F2N5O3S/c1-37-25-13-23(17-8-19(28)12-20(29)9-17)18(14-30)11-24(25)27-22-3-2-21(10-16(22)4-7-32-27)38(35,36)34-26-5-6-31-15-33-26/h2-13,15H,1H3,(H,31,33,34). The van der Waals surface area contributed by atoms with Gasteiger partial charge in [-0.15, -0.1) is 0 Å². The number of halogens is 2. The molecule has 0 aliphatic carbocycles. The van der Waals surface area contributed by atoms with Crippen molar-refractivity contribution in [3.05, 3.63) is 96.6 Å². The van der Waals surface area contributed by atoms with E-state index in [1.54, 1.807) is 12.1 Å².